The van der Waals surface area contributed by atoms with Gasteiger partial charge < -0.3 is 19.3 Å². The van der Waals surface area contributed by atoms with Gasteiger partial charge in [0, 0.05) is 6.42 Å². The van der Waals surface area contributed by atoms with Crippen molar-refractivity contribution in [3.05, 3.63) is 35.9 Å². The Morgan fingerprint density at radius 1 is 1.21 bits per heavy atom. The van der Waals surface area contributed by atoms with Gasteiger partial charge >= 0.3 is 5.97 Å². The topological polar surface area (TPSA) is 65.0 Å². The summed E-state index contributed by atoms with van der Waals surface area (Å²) in [4.78, 5) is 12.1. The molecule has 1 aliphatic heterocycles. The van der Waals surface area contributed by atoms with Crippen molar-refractivity contribution in [1.82, 2.24) is 0 Å². The summed E-state index contributed by atoms with van der Waals surface area (Å²) in [6, 6.07) is 9.92. The fourth-order valence-electron chi connectivity index (χ4n) is 3.70. The highest BCUT2D eigenvalue weighted by Gasteiger charge is 2.51. The van der Waals surface area contributed by atoms with Crippen LogP contribution in [-0.4, -0.2) is 41.6 Å². The lowest BCUT2D eigenvalue weighted by molar-refractivity contribution is -0.183. The van der Waals surface area contributed by atoms with Crippen LogP contribution in [-0.2, 0) is 25.6 Å². The maximum atomic E-state index is 12.1. The Morgan fingerprint density at radius 2 is 1.86 bits per heavy atom. The molecule has 0 spiro atoms. The van der Waals surface area contributed by atoms with E-state index in [2.05, 4.69) is 13.8 Å². The Morgan fingerprint density at radius 3 is 2.45 bits per heavy atom. The number of esters is 1. The molecule has 1 aromatic rings. The van der Waals surface area contributed by atoms with Crippen LogP contribution < -0.4 is 0 Å². The van der Waals surface area contributed by atoms with E-state index in [-0.39, 0.29) is 18.5 Å². The number of ether oxygens (including phenoxy) is 3. The maximum absolute atomic E-state index is 12.1. The molecule has 164 valence electrons. The Labute approximate surface area is 175 Å². The van der Waals surface area contributed by atoms with E-state index in [9.17, 15) is 9.90 Å². The molecular weight excluding hydrogens is 368 g/mol. The molecule has 1 fully saturated rings. The lowest BCUT2D eigenvalue weighted by atomic mass is 9.84. The second kappa shape index (κ2) is 9.59. The first-order valence-electron chi connectivity index (χ1n) is 10.7. The predicted octanol–water partition coefficient (Wildman–Crippen LogP) is 4.51. The molecule has 0 bridgehead atoms. The third kappa shape index (κ3) is 6.27. The highest BCUT2D eigenvalue weighted by molar-refractivity contribution is 5.75. The molecule has 0 saturated carbocycles. The van der Waals surface area contributed by atoms with Crippen LogP contribution in [0, 0.1) is 11.3 Å². The molecule has 1 aliphatic rings. The number of aliphatic hydroxyl groups is 1. The minimum Gasteiger partial charge on any atom is -0.465 e. The highest BCUT2D eigenvalue weighted by atomic mass is 16.6. The number of carbonyl (C=O) groups is 1. The van der Waals surface area contributed by atoms with E-state index in [4.69, 9.17) is 14.2 Å². The van der Waals surface area contributed by atoms with Crippen LogP contribution >= 0.6 is 0 Å². The molecule has 0 radical (unpaired) electrons. The molecule has 1 N–H and O–H groups in total. The summed E-state index contributed by atoms with van der Waals surface area (Å²) in [7, 11) is 0. The largest absolute Gasteiger partial charge is 0.465 e. The molecular formula is C24H38O5. The van der Waals surface area contributed by atoms with E-state index < -0.39 is 22.7 Å². The normalized spacial score (nSPS) is 25.9. The lowest BCUT2D eigenvalue weighted by Crippen LogP contribution is -2.47. The minimum absolute atomic E-state index is 0.202. The van der Waals surface area contributed by atoms with Crippen molar-refractivity contribution in [3.8, 4) is 0 Å². The van der Waals surface area contributed by atoms with Gasteiger partial charge in [-0.15, -0.1) is 0 Å². The SMILES string of the molecule is CC(C)[C@@]1(CCOC(=O)C(C)(C)C)CC[C@](C)([C@@H](O)COCc2ccccc2)O1. The average Bonchev–Trinajstić information content (AvgIpc) is 3.01. The second-order valence-electron chi connectivity index (χ2n) is 9.79. The number of hydrogen-bond acceptors (Lipinski definition) is 5. The molecule has 1 saturated heterocycles. The van der Waals surface area contributed by atoms with Gasteiger partial charge in [-0.3, -0.25) is 4.79 Å². The van der Waals surface area contributed by atoms with Crippen molar-refractivity contribution in [1.29, 1.82) is 0 Å². The lowest BCUT2D eigenvalue weighted by Gasteiger charge is -2.38. The van der Waals surface area contributed by atoms with Gasteiger partial charge in [0.15, 0.2) is 0 Å². The standard InChI is InChI=1S/C24H38O5/c1-18(2)24(14-15-28-21(26)22(3,4)5)13-12-23(6,29-24)20(25)17-27-16-19-10-8-7-9-11-19/h7-11,18,20,25H,12-17H2,1-6H3/t20-,23+,24-/m0/s1. The number of carbonyl (C=O) groups excluding carboxylic acids is 1. The summed E-state index contributed by atoms with van der Waals surface area (Å²) in [6.07, 6.45) is 1.47. The Kier molecular flexibility index (Phi) is 7.88. The van der Waals surface area contributed by atoms with Gasteiger partial charge in [0.2, 0.25) is 0 Å². The zero-order valence-electron chi connectivity index (χ0n) is 18.9. The van der Waals surface area contributed by atoms with Crippen LogP contribution in [0.15, 0.2) is 30.3 Å². The molecule has 0 amide bonds. The van der Waals surface area contributed by atoms with Gasteiger partial charge in [-0.1, -0.05) is 44.2 Å². The molecule has 3 atom stereocenters. The number of hydrogen-bond donors (Lipinski definition) is 1. The van der Waals surface area contributed by atoms with Gasteiger partial charge in [0.05, 0.1) is 36.4 Å². The fraction of sp³-hybridized carbons (Fsp3) is 0.708. The first-order valence-corrected chi connectivity index (χ1v) is 10.7. The third-order valence-corrected chi connectivity index (χ3v) is 6.00. The van der Waals surface area contributed by atoms with Crippen molar-refractivity contribution in [2.24, 2.45) is 11.3 Å². The van der Waals surface area contributed by atoms with Crippen molar-refractivity contribution in [2.75, 3.05) is 13.2 Å². The van der Waals surface area contributed by atoms with Crippen molar-refractivity contribution < 1.29 is 24.1 Å². The van der Waals surface area contributed by atoms with E-state index >= 15 is 0 Å². The van der Waals surface area contributed by atoms with Crippen LogP contribution in [0.3, 0.4) is 0 Å². The van der Waals surface area contributed by atoms with Gasteiger partial charge in [-0.2, -0.15) is 0 Å². The first kappa shape index (κ1) is 23.8. The van der Waals surface area contributed by atoms with Gasteiger partial charge in [-0.25, -0.2) is 0 Å². The van der Waals surface area contributed by atoms with Gasteiger partial charge in [0.1, 0.15) is 6.10 Å². The predicted molar refractivity (Wildman–Crippen MR) is 113 cm³/mol. The van der Waals surface area contributed by atoms with Crippen LogP contribution in [0.2, 0.25) is 0 Å². The molecule has 5 nitrogen and oxygen atoms in total. The number of benzene rings is 1. The summed E-state index contributed by atoms with van der Waals surface area (Å²) >= 11 is 0. The van der Waals surface area contributed by atoms with Crippen molar-refractivity contribution >= 4 is 5.97 Å². The van der Waals surface area contributed by atoms with Crippen LogP contribution in [0.5, 0.6) is 0 Å². The smallest absolute Gasteiger partial charge is 0.311 e. The molecule has 1 aromatic carbocycles. The molecule has 1 heterocycles. The monoisotopic (exact) mass is 406 g/mol. The molecule has 2 rings (SSSR count). The zero-order valence-corrected chi connectivity index (χ0v) is 18.9. The van der Waals surface area contributed by atoms with Crippen molar-refractivity contribution in [2.45, 2.75) is 84.7 Å². The number of rotatable bonds is 9. The van der Waals surface area contributed by atoms with Crippen LogP contribution in [0.4, 0.5) is 0 Å². The molecule has 0 aromatic heterocycles. The van der Waals surface area contributed by atoms with Gasteiger partial charge in [-0.05, 0) is 52.0 Å². The first-order chi connectivity index (χ1) is 13.5. The summed E-state index contributed by atoms with van der Waals surface area (Å²) in [5.41, 5.74) is -0.514. The summed E-state index contributed by atoms with van der Waals surface area (Å²) in [5, 5.41) is 10.8. The van der Waals surface area contributed by atoms with E-state index in [0.717, 1.165) is 18.4 Å². The van der Waals surface area contributed by atoms with Crippen molar-refractivity contribution in [3.63, 3.8) is 0 Å². The van der Waals surface area contributed by atoms with E-state index in [1.807, 2.05) is 58.0 Å². The van der Waals surface area contributed by atoms with E-state index in [0.29, 0.717) is 19.6 Å². The molecule has 0 unspecified atom stereocenters. The van der Waals surface area contributed by atoms with E-state index in [1.165, 1.54) is 0 Å². The molecule has 0 aliphatic carbocycles. The minimum atomic E-state index is -0.719. The average molecular weight is 407 g/mol. The Hall–Kier alpha value is -1.43. The van der Waals surface area contributed by atoms with Crippen LogP contribution in [0.25, 0.3) is 0 Å². The molecule has 29 heavy (non-hydrogen) atoms. The number of aliphatic hydroxyl groups excluding tert-OH is 1. The van der Waals surface area contributed by atoms with Gasteiger partial charge in [0.25, 0.3) is 0 Å². The fourth-order valence-corrected chi connectivity index (χ4v) is 3.70. The molecule has 5 heteroatoms. The second-order valence-corrected chi connectivity index (χ2v) is 9.79. The highest BCUT2D eigenvalue weighted by Crippen LogP contribution is 2.46. The Balaban J connectivity index is 1.90. The van der Waals surface area contributed by atoms with E-state index in [1.54, 1.807) is 0 Å². The maximum Gasteiger partial charge on any atom is 0.311 e. The summed E-state index contributed by atoms with van der Waals surface area (Å²) in [5.74, 6) is 0.0432. The summed E-state index contributed by atoms with van der Waals surface area (Å²) < 4.78 is 17.7. The Bertz CT molecular complexity index is 651. The summed E-state index contributed by atoms with van der Waals surface area (Å²) in [6.45, 7) is 12.8. The quantitative estimate of drug-likeness (QED) is 0.612. The van der Waals surface area contributed by atoms with Crippen LogP contribution in [0.1, 0.15) is 66.4 Å². The third-order valence-electron chi connectivity index (χ3n) is 6.00. The zero-order chi connectivity index (χ0) is 21.7.